The van der Waals surface area contributed by atoms with Crippen LogP contribution in [0.1, 0.15) is 31.7 Å². The van der Waals surface area contributed by atoms with Crippen LogP contribution in [-0.2, 0) is 16.0 Å². The molecule has 22 heavy (non-hydrogen) atoms. The van der Waals surface area contributed by atoms with Crippen molar-refractivity contribution < 1.29 is 9.47 Å². The van der Waals surface area contributed by atoms with Crippen molar-refractivity contribution in [1.29, 1.82) is 0 Å². The minimum atomic E-state index is 0.286. The third-order valence-electron chi connectivity index (χ3n) is 4.42. The third-order valence-corrected chi connectivity index (χ3v) is 4.42. The summed E-state index contributed by atoms with van der Waals surface area (Å²) in [5, 5.41) is 3.63. The number of rotatable bonds is 4. The van der Waals surface area contributed by atoms with E-state index in [0.717, 1.165) is 58.1 Å². The summed E-state index contributed by atoms with van der Waals surface area (Å²) in [7, 11) is 0. The molecule has 1 N–H and O–H groups in total. The molecule has 5 nitrogen and oxygen atoms in total. The Kier molecular flexibility index (Phi) is 5.64. The SMILES string of the molecule is CC1CN(c2ccc(CNC3CCCOCC3)cn2)CCO1. The lowest BCUT2D eigenvalue weighted by Gasteiger charge is -2.32. The van der Waals surface area contributed by atoms with Crippen molar-refractivity contribution in [2.45, 2.75) is 44.9 Å². The second-order valence-electron chi connectivity index (χ2n) is 6.27. The summed E-state index contributed by atoms with van der Waals surface area (Å²) in [5.74, 6) is 1.06. The van der Waals surface area contributed by atoms with Crippen LogP contribution in [0.25, 0.3) is 0 Å². The molecule has 2 atom stereocenters. The van der Waals surface area contributed by atoms with Crippen LogP contribution in [0.2, 0.25) is 0 Å². The number of anilines is 1. The van der Waals surface area contributed by atoms with E-state index in [1.807, 2.05) is 6.20 Å². The summed E-state index contributed by atoms with van der Waals surface area (Å²) >= 11 is 0. The quantitative estimate of drug-likeness (QED) is 0.921. The number of nitrogens with one attached hydrogen (secondary N) is 1. The largest absolute Gasteiger partial charge is 0.381 e. The van der Waals surface area contributed by atoms with Crippen molar-refractivity contribution in [3.05, 3.63) is 23.9 Å². The molecule has 2 aliphatic heterocycles. The topological polar surface area (TPSA) is 46.6 Å². The van der Waals surface area contributed by atoms with Gasteiger partial charge in [0.1, 0.15) is 5.82 Å². The fourth-order valence-corrected chi connectivity index (χ4v) is 3.10. The van der Waals surface area contributed by atoms with E-state index in [9.17, 15) is 0 Å². The van der Waals surface area contributed by atoms with Crippen LogP contribution in [-0.4, -0.2) is 50.0 Å². The highest BCUT2D eigenvalue weighted by Gasteiger charge is 2.17. The van der Waals surface area contributed by atoms with Gasteiger partial charge >= 0.3 is 0 Å². The van der Waals surface area contributed by atoms with Gasteiger partial charge in [-0.15, -0.1) is 0 Å². The monoisotopic (exact) mass is 305 g/mol. The lowest BCUT2D eigenvalue weighted by atomic mass is 10.1. The molecule has 2 aliphatic rings. The Morgan fingerprint density at radius 1 is 1.27 bits per heavy atom. The molecule has 2 fully saturated rings. The van der Waals surface area contributed by atoms with Crippen molar-refractivity contribution in [2.75, 3.05) is 37.8 Å². The Morgan fingerprint density at radius 3 is 3.05 bits per heavy atom. The lowest BCUT2D eigenvalue weighted by molar-refractivity contribution is 0.0529. The van der Waals surface area contributed by atoms with E-state index >= 15 is 0 Å². The maximum Gasteiger partial charge on any atom is 0.128 e. The molecule has 0 aliphatic carbocycles. The van der Waals surface area contributed by atoms with E-state index in [2.05, 4.69) is 34.3 Å². The van der Waals surface area contributed by atoms with Crippen LogP contribution in [0.4, 0.5) is 5.82 Å². The molecule has 0 saturated carbocycles. The molecule has 0 bridgehead atoms. The van der Waals surface area contributed by atoms with E-state index in [1.54, 1.807) is 0 Å². The Hall–Kier alpha value is -1.17. The van der Waals surface area contributed by atoms with Gasteiger partial charge in [0, 0.05) is 45.1 Å². The van der Waals surface area contributed by atoms with Gasteiger partial charge in [-0.3, -0.25) is 0 Å². The zero-order chi connectivity index (χ0) is 15.2. The standard InChI is InChI=1S/C17H27N3O2/c1-14-13-20(7-10-22-14)17-5-4-15(12-19-17)11-18-16-3-2-8-21-9-6-16/h4-5,12,14,16,18H,2-3,6-11,13H2,1H3. The number of hydrogen-bond donors (Lipinski definition) is 1. The molecule has 2 saturated heterocycles. The van der Waals surface area contributed by atoms with Crippen LogP contribution in [0.15, 0.2) is 18.3 Å². The first-order chi connectivity index (χ1) is 10.8. The van der Waals surface area contributed by atoms with Crippen molar-refractivity contribution in [1.82, 2.24) is 10.3 Å². The maximum atomic E-state index is 5.58. The highest BCUT2D eigenvalue weighted by atomic mass is 16.5. The van der Waals surface area contributed by atoms with Gasteiger partial charge in [-0.2, -0.15) is 0 Å². The zero-order valence-corrected chi connectivity index (χ0v) is 13.5. The van der Waals surface area contributed by atoms with Gasteiger partial charge < -0.3 is 19.7 Å². The first kappa shape index (κ1) is 15.7. The number of nitrogens with zero attached hydrogens (tertiary/aromatic N) is 2. The van der Waals surface area contributed by atoms with E-state index in [4.69, 9.17) is 9.47 Å². The van der Waals surface area contributed by atoms with Crippen LogP contribution in [0.5, 0.6) is 0 Å². The molecule has 1 aromatic rings. The van der Waals surface area contributed by atoms with Crippen LogP contribution in [0, 0.1) is 0 Å². The minimum Gasteiger partial charge on any atom is -0.381 e. The van der Waals surface area contributed by atoms with Crippen LogP contribution >= 0.6 is 0 Å². The molecule has 0 radical (unpaired) electrons. The second kappa shape index (κ2) is 7.90. The average Bonchev–Trinajstić information content (AvgIpc) is 2.82. The Labute approximate surface area is 133 Å². The normalized spacial score (nSPS) is 26.7. The van der Waals surface area contributed by atoms with E-state index in [-0.39, 0.29) is 6.10 Å². The Bertz CT molecular complexity index is 444. The molecule has 3 rings (SSSR count). The highest BCUT2D eigenvalue weighted by Crippen LogP contribution is 2.16. The molecule has 0 aromatic carbocycles. The van der Waals surface area contributed by atoms with Crippen LogP contribution < -0.4 is 10.2 Å². The van der Waals surface area contributed by atoms with E-state index < -0.39 is 0 Å². The smallest absolute Gasteiger partial charge is 0.128 e. The van der Waals surface area contributed by atoms with E-state index in [0.29, 0.717) is 6.04 Å². The molecular formula is C17H27N3O2. The van der Waals surface area contributed by atoms with Gasteiger partial charge in [-0.25, -0.2) is 4.98 Å². The van der Waals surface area contributed by atoms with Crippen molar-refractivity contribution in [2.24, 2.45) is 0 Å². The summed E-state index contributed by atoms with van der Waals surface area (Å²) in [6.07, 6.45) is 5.75. The van der Waals surface area contributed by atoms with Gasteiger partial charge in [0.05, 0.1) is 12.7 Å². The number of hydrogen-bond acceptors (Lipinski definition) is 5. The molecule has 2 unspecified atom stereocenters. The Morgan fingerprint density at radius 2 is 2.23 bits per heavy atom. The predicted octanol–water partition coefficient (Wildman–Crippen LogP) is 1.97. The molecule has 1 aromatic heterocycles. The van der Waals surface area contributed by atoms with Gasteiger partial charge in [0.25, 0.3) is 0 Å². The third kappa shape index (κ3) is 4.41. The fourth-order valence-electron chi connectivity index (χ4n) is 3.10. The van der Waals surface area contributed by atoms with Crippen molar-refractivity contribution in [3.8, 4) is 0 Å². The molecule has 0 amide bonds. The first-order valence-electron chi connectivity index (χ1n) is 8.44. The Balaban J connectivity index is 1.50. The first-order valence-corrected chi connectivity index (χ1v) is 8.44. The van der Waals surface area contributed by atoms with Crippen molar-refractivity contribution >= 4 is 5.82 Å². The van der Waals surface area contributed by atoms with E-state index in [1.165, 1.54) is 12.0 Å². The fraction of sp³-hybridized carbons (Fsp3) is 0.706. The molecule has 3 heterocycles. The summed E-state index contributed by atoms with van der Waals surface area (Å²) in [5.41, 5.74) is 1.25. The highest BCUT2D eigenvalue weighted by molar-refractivity contribution is 5.39. The predicted molar refractivity (Wildman–Crippen MR) is 87.2 cm³/mol. The molecule has 122 valence electrons. The number of morpholine rings is 1. The van der Waals surface area contributed by atoms with Gasteiger partial charge in [-0.05, 0) is 37.8 Å². The average molecular weight is 305 g/mol. The molecule has 0 spiro atoms. The van der Waals surface area contributed by atoms with Gasteiger partial charge in [0.2, 0.25) is 0 Å². The van der Waals surface area contributed by atoms with Crippen molar-refractivity contribution in [3.63, 3.8) is 0 Å². The van der Waals surface area contributed by atoms with Gasteiger partial charge in [-0.1, -0.05) is 6.07 Å². The molecule has 5 heteroatoms. The van der Waals surface area contributed by atoms with Crippen LogP contribution in [0.3, 0.4) is 0 Å². The molecular weight excluding hydrogens is 278 g/mol. The van der Waals surface area contributed by atoms with Gasteiger partial charge in [0.15, 0.2) is 0 Å². The number of pyridine rings is 1. The minimum absolute atomic E-state index is 0.286. The summed E-state index contributed by atoms with van der Waals surface area (Å²) < 4.78 is 11.1. The summed E-state index contributed by atoms with van der Waals surface area (Å²) in [6, 6.07) is 4.88. The lowest BCUT2D eigenvalue weighted by Crippen LogP contribution is -2.41. The maximum absolute atomic E-state index is 5.58. The summed E-state index contributed by atoms with van der Waals surface area (Å²) in [6.45, 7) is 7.43. The number of aromatic nitrogens is 1. The summed E-state index contributed by atoms with van der Waals surface area (Å²) in [4.78, 5) is 6.92. The second-order valence-corrected chi connectivity index (χ2v) is 6.27. The number of ether oxygens (including phenoxy) is 2. The zero-order valence-electron chi connectivity index (χ0n) is 13.5.